The summed E-state index contributed by atoms with van der Waals surface area (Å²) in [6.45, 7) is 0.232. The molecule has 0 aliphatic rings. The standard InChI is InChI=1S/C18H16ClNO7/c19-13-5-9-15(10-6-13)26-11-1-2-16(21)27-18(23)17(22)12-3-7-14(8-4-12)20(24)25/h3-10,17,22H,1-2,11H2/t17-/m0/s1. The van der Waals surface area contributed by atoms with E-state index in [1.165, 1.54) is 12.1 Å². The van der Waals surface area contributed by atoms with Crippen molar-refractivity contribution in [3.8, 4) is 5.75 Å². The van der Waals surface area contributed by atoms with Gasteiger partial charge in [-0.3, -0.25) is 14.9 Å². The molecule has 0 fully saturated rings. The van der Waals surface area contributed by atoms with Gasteiger partial charge in [0.15, 0.2) is 6.10 Å². The van der Waals surface area contributed by atoms with Gasteiger partial charge in [0.25, 0.3) is 5.69 Å². The molecule has 0 spiro atoms. The Morgan fingerprint density at radius 1 is 1.11 bits per heavy atom. The van der Waals surface area contributed by atoms with Crippen molar-refractivity contribution in [1.82, 2.24) is 0 Å². The van der Waals surface area contributed by atoms with Crippen LogP contribution in [0.3, 0.4) is 0 Å². The third kappa shape index (κ3) is 6.36. The van der Waals surface area contributed by atoms with Crippen molar-refractivity contribution in [3.05, 3.63) is 69.2 Å². The first kappa shape index (κ1) is 20.3. The fraction of sp³-hybridized carbons (Fsp3) is 0.222. The average molecular weight is 394 g/mol. The van der Waals surface area contributed by atoms with Gasteiger partial charge in [-0.05, 0) is 48.4 Å². The molecule has 0 bridgehead atoms. The lowest BCUT2D eigenvalue weighted by molar-refractivity contribution is -0.384. The quantitative estimate of drug-likeness (QED) is 0.240. The Balaban J connectivity index is 1.74. The van der Waals surface area contributed by atoms with Crippen molar-refractivity contribution in [3.63, 3.8) is 0 Å². The number of aliphatic hydroxyl groups excluding tert-OH is 1. The van der Waals surface area contributed by atoms with Gasteiger partial charge in [0.05, 0.1) is 11.5 Å². The lowest BCUT2D eigenvalue weighted by Gasteiger charge is -2.10. The Morgan fingerprint density at radius 2 is 1.74 bits per heavy atom. The van der Waals surface area contributed by atoms with E-state index in [1.807, 2.05) is 0 Å². The number of hydrogen-bond donors (Lipinski definition) is 1. The predicted molar refractivity (Wildman–Crippen MR) is 95.3 cm³/mol. The van der Waals surface area contributed by atoms with Gasteiger partial charge in [0.2, 0.25) is 0 Å². The highest BCUT2D eigenvalue weighted by atomic mass is 35.5. The minimum absolute atomic E-state index is 0.0771. The maximum Gasteiger partial charge on any atom is 0.347 e. The maximum atomic E-state index is 11.8. The lowest BCUT2D eigenvalue weighted by Crippen LogP contribution is -2.20. The van der Waals surface area contributed by atoms with Crippen LogP contribution in [0, 0.1) is 10.1 Å². The number of hydrogen-bond acceptors (Lipinski definition) is 7. The van der Waals surface area contributed by atoms with Crippen molar-refractivity contribution >= 4 is 29.2 Å². The van der Waals surface area contributed by atoms with E-state index in [0.717, 1.165) is 12.1 Å². The number of aliphatic hydroxyl groups is 1. The van der Waals surface area contributed by atoms with E-state index in [-0.39, 0.29) is 24.3 Å². The second-order valence-corrected chi connectivity index (χ2v) is 5.89. The number of rotatable bonds is 8. The zero-order valence-corrected chi connectivity index (χ0v) is 14.8. The van der Waals surface area contributed by atoms with Crippen LogP contribution in [0.2, 0.25) is 5.02 Å². The number of carbonyl (C=O) groups is 2. The van der Waals surface area contributed by atoms with E-state index in [4.69, 9.17) is 16.3 Å². The third-order valence-corrected chi connectivity index (χ3v) is 3.72. The van der Waals surface area contributed by atoms with Crippen LogP contribution in [-0.4, -0.2) is 28.6 Å². The van der Waals surface area contributed by atoms with Crippen molar-refractivity contribution < 1.29 is 29.1 Å². The van der Waals surface area contributed by atoms with Gasteiger partial charge >= 0.3 is 11.9 Å². The molecule has 2 aromatic carbocycles. The SMILES string of the molecule is O=C(CCCOc1ccc(Cl)cc1)OC(=O)[C@@H](O)c1ccc([N+](=O)[O-])cc1. The Labute approximate surface area is 159 Å². The van der Waals surface area contributed by atoms with E-state index >= 15 is 0 Å². The molecule has 142 valence electrons. The first-order valence-corrected chi connectivity index (χ1v) is 8.30. The molecule has 1 atom stereocenters. The third-order valence-electron chi connectivity index (χ3n) is 3.46. The summed E-state index contributed by atoms with van der Waals surface area (Å²) < 4.78 is 9.99. The average Bonchev–Trinajstić information content (AvgIpc) is 2.66. The van der Waals surface area contributed by atoms with Crippen LogP contribution in [0.15, 0.2) is 48.5 Å². The molecular formula is C18H16ClNO7. The van der Waals surface area contributed by atoms with Crippen molar-refractivity contribution in [2.45, 2.75) is 18.9 Å². The van der Waals surface area contributed by atoms with Gasteiger partial charge in [-0.2, -0.15) is 0 Å². The van der Waals surface area contributed by atoms with Gasteiger partial charge in [0.1, 0.15) is 5.75 Å². The molecule has 0 amide bonds. The molecule has 0 saturated carbocycles. The number of nitro benzene ring substituents is 1. The number of halogens is 1. The largest absolute Gasteiger partial charge is 0.494 e. The summed E-state index contributed by atoms with van der Waals surface area (Å²) in [6, 6.07) is 11.4. The first-order chi connectivity index (χ1) is 12.9. The molecule has 27 heavy (non-hydrogen) atoms. The van der Waals surface area contributed by atoms with Crippen molar-refractivity contribution in [2.75, 3.05) is 6.61 Å². The Bertz CT molecular complexity index is 805. The highest BCUT2D eigenvalue weighted by molar-refractivity contribution is 6.30. The van der Waals surface area contributed by atoms with Crippen LogP contribution in [-0.2, 0) is 14.3 Å². The molecule has 2 aromatic rings. The topological polar surface area (TPSA) is 116 Å². The summed E-state index contributed by atoms with van der Waals surface area (Å²) >= 11 is 5.76. The molecule has 0 aliphatic heterocycles. The van der Waals surface area contributed by atoms with Crippen LogP contribution >= 0.6 is 11.6 Å². The molecule has 0 unspecified atom stereocenters. The molecule has 0 saturated heterocycles. The van der Waals surface area contributed by atoms with Crippen LogP contribution in [0.4, 0.5) is 5.69 Å². The number of benzene rings is 2. The number of carbonyl (C=O) groups excluding carboxylic acids is 2. The zero-order valence-electron chi connectivity index (χ0n) is 14.0. The van der Waals surface area contributed by atoms with Gasteiger partial charge in [-0.15, -0.1) is 0 Å². The first-order valence-electron chi connectivity index (χ1n) is 7.92. The molecule has 2 rings (SSSR count). The Kier molecular flexibility index (Phi) is 7.27. The number of ether oxygens (including phenoxy) is 2. The zero-order chi connectivity index (χ0) is 19.8. The molecule has 8 nitrogen and oxygen atoms in total. The number of nitro groups is 1. The van der Waals surface area contributed by atoms with Gasteiger partial charge in [-0.1, -0.05) is 11.6 Å². The number of esters is 2. The minimum atomic E-state index is -1.71. The fourth-order valence-corrected chi connectivity index (χ4v) is 2.20. The maximum absolute atomic E-state index is 11.8. The lowest BCUT2D eigenvalue weighted by atomic mass is 10.1. The van der Waals surface area contributed by atoms with Crippen LogP contribution in [0.1, 0.15) is 24.5 Å². The molecule has 1 N–H and O–H groups in total. The van der Waals surface area contributed by atoms with Gasteiger partial charge < -0.3 is 14.6 Å². The Hall–Kier alpha value is -2.97. The van der Waals surface area contributed by atoms with E-state index in [0.29, 0.717) is 17.2 Å². The van der Waals surface area contributed by atoms with Crippen LogP contribution in [0.5, 0.6) is 5.75 Å². The number of nitrogens with zero attached hydrogens (tertiary/aromatic N) is 1. The minimum Gasteiger partial charge on any atom is -0.494 e. The predicted octanol–water partition coefficient (Wildman–Crippen LogP) is 3.21. The van der Waals surface area contributed by atoms with Crippen molar-refractivity contribution in [1.29, 1.82) is 0 Å². The Morgan fingerprint density at radius 3 is 2.33 bits per heavy atom. The monoisotopic (exact) mass is 393 g/mol. The van der Waals surface area contributed by atoms with Crippen molar-refractivity contribution in [2.24, 2.45) is 0 Å². The van der Waals surface area contributed by atoms with E-state index < -0.39 is 23.0 Å². The second-order valence-electron chi connectivity index (χ2n) is 5.45. The summed E-state index contributed by atoms with van der Waals surface area (Å²) in [5, 5.41) is 21.0. The second kappa shape index (κ2) is 9.65. The summed E-state index contributed by atoms with van der Waals surface area (Å²) in [5.74, 6) is -1.36. The summed E-state index contributed by atoms with van der Waals surface area (Å²) in [5.41, 5.74) is -0.0967. The summed E-state index contributed by atoms with van der Waals surface area (Å²) in [7, 11) is 0. The fourth-order valence-electron chi connectivity index (χ4n) is 2.07. The molecular weight excluding hydrogens is 378 g/mol. The van der Waals surface area contributed by atoms with Crippen LogP contribution in [0.25, 0.3) is 0 Å². The summed E-state index contributed by atoms with van der Waals surface area (Å²) in [4.78, 5) is 33.4. The number of non-ortho nitro benzene ring substituents is 1. The van der Waals surface area contributed by atoms with E-state index in [9.17, 15) is 24.8 Å². The molecule has 0 aromatic heterocycles. The molecule has 0 heterocycles. The molecule has 0 aliphatic carbocycles. The van der Waals surface area contributed by atoms with Gasteiger partial charge in [0, 0.05) is 23.6 Å². The van der Waals surface area contributed by atoms with Crippen LogP contribution < -0.4 is 4.74 Å². The molecule has 9 heteroatoms. The normalized spacial score (nSPS) is 11.5. The summed E-state index contributed by atoms with van der Waals surface area (Å²) in [6.07, 6.45) is -1.48. The van der Waals surface area contributed by atoms with E-state index in [2.05, 4.69) is 4.74 Å². The van der Waals surface area contributed by atoms with Gasteiger partial charge in [-0.25, -0.2) is 4.79 Å². The van der Waals surface area contributed by atoms with E-state index in [1.54, 1.807) is 24.3 Å². The smallest absolute Gasteiger partial charge is 0.347 e. The molecule has 0 radical (unpaired) electrons. The highest BCUT2D eigenvalue weighted by Crippen LogP contribution is 2.19. The highest BCUT2D eigenvalue weighted by Gasteiger charge is 2.22.